The fraction of sp³-hybridized carbons (Fsp3) is 0.312. The summed E-state index contributed by atoms with van der Waals surface area (Å²) in [5.41, 5.74) is 6.81. The lowest BCUT2D eigenvalue weighted by Gasteiger charge is -2.15. The number of pyridine rings is 1. The number of methoxy groups -OCH3 is 1. The Morgan fingerprint density at radius 3 is 2.76 bits per heavy atom. The van der Waals surface area contributed by atoms with Crippen LogP contribution in [0.15, 0.2) is 47.4 Å². The van der Waals surface area contributed by atoms with Gasteiger partial charge in [0.2, 0.25) is 0 Å². The third kappa shape index (κ3) is 3.86. The molecule has 1 unspecified atom stereocenters. The monoisotopic (exact) mass is 288 g/mol. The average Bonchev–Trinajstić information content (AvgIpc) is 2.48. The molecule has 2 N–H and O–H groups in total. The van der Waals surface area contributed by atoms with E-state index in [2.05, 4.69) is 0 Å². The van der Waals surface area contributed by atoms with Crippen molar-refractivity contribution in [1.82, 2.24) is 4.57 Å². The Morgan fingerprint density at radius 2 is 2.10 bits per heavy atom. The zero-order valence-corrected chi connectivity index (χ0v) is 12.3. The Hall–Kier alpha value is -2.27. The highest BCUT2D eigenvalue weighted by molar-refractivity contribution is 5.42. The number of hydrogen-bond acceptors (Lipinski definition) is 4. The lowest BCUT2D eigenvalue weighted by Crippen LogP contribution is -2.21. The summed E-state index contributed by atoms with van der Waals surface area (Å²) in [7, 11) is 1.61. The van der Waals surface area contributed by atoms with Crippen LogP contribution < -0.4 is 20.8 Å². The summed E-state index contributed by atoms with van der Waals surface area (Å²) in [4.78, 5) is 11.6. The Balaban J connectivity index is 2.08. The van der Waals surface area contributed by atoms with Crippen molar-refractivity contribution in [3.8, 4) is 11.5 Å². The number of aromatic nitrogens is 1. The summed E-state index contributed by atoms with van der Waals surface area (Å²) < 4.78 is 12.6. The van der Waals surface area contributed by atoms with E-state index in [4.69, 9.17) is 15.2 Å². The Labute approximate surface area is 123 Å². The van der Waals surface area contributed by atoms with Gasteiger partial charge >= 0.3 is 0 Å². The number of ether oxygens (including phenoxy) is 2. The van der Waals surface area contributed by atoms with Gasteiger partial charge in [-0.3, -0.25) is 4.79 Å². The van der Waals surface area contributed by atoms with Crippen molar-refractivity contribution < 1.29 is 9.47 Å². The van der Waals surface area contributed by atoms with Gasteiger partial charge in [-0.25, -0.2) is 0 Å². The van der Waals surface area contributed by atoms with Crippen LogP contribution in [0.1, 0.15) is 18.5 Å². The summed E-state index contributed by atoms with van der Waals surface area (Å²) in [5, 5.41) is 0. The minimum Gasteiger partial charge on any atom is -0.497 e. The smallest absolute Gasteiger partial charge is 0.250 e. The van der Waals surface area contributed by atoms with Crippen molar-refractivity contribution in [1.29, 1.82) is 0 Å². The van der Waals surface area contributed by atoms with Crippen LogP contribution in [0.25, 0.3) is 0 Å². The molecule has 0 saturated carbocycles. The molecule has 21 heavy (non-hydrogen) atoms. The van der Waals surface area contributed by atoms with Gasteiger partial charge in [0.25, 0.3) is 5.56 Å². The van der Waals surface area contributed by atoms with Gasteiger partial charge in [-0.1, -0.05) is 12.1 Å². The van der Waals surface area contributed by atoms with Crippen LogP contribution >= 0.6 is 0 Å². The van der Waals surface area contributed by atoms with Gasteiger partial charge in [0.15, 0.2) is 0 Å². The molecule has 2 aromatic rings. The molecule has 0 spiro atoms. The summed E-state index contributed by atoms with van der Waals surface area (Å²) in [5.74, 6) is 1.40. The first-order valence-corrected chi connectivity index (χ1v) is 6.83. The zero-order valence-electron chi connectivity index (χ0n) is 12.3. The molecule has 1 aromatic heterocycles. The third-order valence-electron chi connectivity index (χ3n) is 3.20. The summed E-state index contributed by atoms with van der Waals surface area (Å²) >= 11 is 0. The lowest BCUT2D eigenvalue weighted by atomic mass is 10.1. The predicted molar refractivity (Wildman–Crippen MR) is 81.8 cm³/mol. The molecule has 0 aliphatic rings. The number of hydrogen-bond donors (Lipinski definition) is 1. The van der Waals surface area contributed by atoms with Gasteiger partial charge in [0, 0.05) is 29.9 Å². The van der Waals surface area contributed by atoms with E-state index in [-0.39, 0.29) is 11.6 Å². The van der Waals surface area contributed by atoms with Gasteiger partial charge in [0.05, 0.1) is 13.7 Å². The van der Waals surface area contributed by atoms with Crippen LogP contribution in [0, 0.1) is 0 Å². The van der Waals surface area contributed by atoms with E-state index in [0.717, 1.165) is 5.56 Å². The highest BCUT2D eigenvalue weighted by Crippen LogP contribution is 2.28. The molecule has 1 atom stereocenters. The first-order valence-electron chi connectivity index (χ1n) is 6.83. The zero-order chi connectivity index (χ0) is 15.2. The molecule has 112 valence electrons. The minimum atomic E-state index is -0.134. The normalized spacial score (nSPS) is 12.0. The van der Waals surface area contributed by atoms with Crippen molar-refractivity contribution in [2.45, 2.75) is 19.5 Å². The standard InChI is InChI=1S/C16H20N2O3/c1-12(17)14-7-6-13(20-2)11-15(14)21-10-9-18-8-4-3-5-16(18)19/h3-8,11-12H,9-10,17H2,1-2H3. The van der Waals surface area contributed by atoms with E-state index in [1.165, 1.54) is 6.07 Å². The van der Waals surface area contributed by atoms with Crippen molar-refractivity contribution >= 4 is 0 Å². The fourth-order valence-corrected chi connectivity index (χ4v) is 2.04. The van der Waals surface area contributed by atoms with Crippen molar-refractivity contribution in [3.05, 3.63) is 58.5 Å². The summed E-state index contributed by atoms with van der Waals surface area (Å²) in [6.45, 7) is 2.77. The van der Waals surface area contributed by atoms with Gasteiger partial charge in [-0.15, -0.1) is 0 Å². The third-order valence-corrected chi connectivity index (χ3v) is 3.20. The van der Waals surface area contributed by atoms with E-state index in [9.17, 15) is 4.79 Å². The first-order chi connectivity index (χ1) is 10.1. The number of nitrogens with two attached hydrogens (primary N) is 1. The maximum Gasteiger partial charge on any atom is 0.250 e. The maximum atomic E-state index is 11.6. The molecule has 0 bridgehead atoms. The van der Waals surface area contributed by atoms with Gasteiger partial charge in [-0.2, -0.15) is 0 Å². The molecule has 0 aliphatic carbocycles. The molecule has 1 heterocycles. The lowest BCUT2D eigenvalue weighted by molar-refractivity contribution is 0.290. The first kappa shape index (κ1) is 15.1. The Kier molecular flexibility index (Phi) is 5.00. The molecule has 5 nitrogen and oxygen atoms in total. The van der Waals surface area contributed by atoms with Crippen LogP contribution in [-0.2, 0) is 6.54 Å². The van der Waals surface area contributed by atoms with Crippen LogP contribution in [0.3, 0.4) is 0 Å². The van der Waals surface area contributed by atoms with Crippen molar-refractivity contribution in [2.75, 3.05) is 13.7 Å². The molecule has 1 aromatic carbocycles. The van der Waals surface area contributed by atoms with E-state index in [0.29, 0.717) is 24.7 Å². The van der Waals surface area contributed by atoms with Gasteiger partial charge in [0.1, 0.15) is 18.1 Å². The molecule has 0 fully saturated rings. The van der Waals surface area contributed by atoms with Crippen LogP contribution in [-0.4, -0.2) is 18.3 Å². The quantitative estimate of drug-likeness (QED) is 0.882. The maximum absolute atomic E-state index is 11.6. The van der Waals surface area contributed by atoms with E-state index < -0.39 is 0 Å². The topological polar surface area (TPSA) is 66.5 Å². The highest BCUT2D eigenvalue weighted by atomic mass is 16.5. The molecular weight excluding hydrogens is 268 g/mol. The van der Waals surface area contributed by atoms with Crippen LogP contribution in [0.2, 0.25) is 0 Å². The molecule has 2 rings (SSSR count). The largest absolute Gasteiger partial charge is 0.497 e. The van der Waals surface area contributed by atoms with E-state index >= 15 is 0 Å². The second kappa shape index (κ2) is 6.95. The van der Waals surface area contributed by atoms with Crippen molar-refractivity contribution in [2.24, 2.45) is 5.73 Å². The fourth-order valence-electron chi connectivity index (χ4n) is 2.04. The summed E-state index contributed by atoms with van der Waals surface area (Å²) in [6, 6.07) is 10.5. The number of rotatable bonds is 6. The molecule has 0 saturated heterocycles. The second-order valence-corrected chi connectivity index (χ2v) is 4.77. The van der Waals surface area contributed by atoms with Gasteiger partial charge in [-0.05, 0) is 19.1 Å². The van der Waals surface area contributed by atoms with Crippen LogP contribution in [0.4, 0.5) is 0 Å². The Morgan fingerprint density at radius 1 is 1.29 bits per heavy atom. The number of benzene rings is 1. The SMILES string of the molecule is COc1ccc(C(C)N)c(OCCn2ccccc2=O)c1. The highest BCUT2D eigenvalue weighted by Gasteiger charge is 2.09. The molecule has 5 heteroatoms. The van der Waals surface area contributed by atoms with E-state index in [1.807, 2.05) is 31.2 Å². The molecule has 0 amide bonds. The molecule has 0 radical (unpaired) electrons. The minimum absolute atomic E-state index is 0.0424. The molecule has 0 aliphatic heterocycles. The average molecular weight is 288 g/mol. The van der Waals surface area contributed by atoms with Gasteiger partial charge < -0.3 is 19.8 Å². The number of nitrogens with zero attached hydrogens (tertiary/aromatic N) is 1. The predicted octanol–water partition coefficient (Wildman–Crippen LogP) is 1.96. The molecular formula is C16H20N2O3. The second-order valence-electron chi connectivity index (χ2n) is 4.77. The van der Waals surface area contributed by atoms with Crippen molar-refractivity contribution in [3.63, 3.8) is 0 Å². The Bertz CT molecular complexity index is 650. The van der Waals surface area contributed by atoms with E-state index in [1.54, 1.807) is 23.9 Å². The van der Waals surface area contributed by atoms with Crippen LogP contribution in [0.5, 0.6) is 11.5 Å². The summed E-state index contributed by atoms with van der Waals surface area (Å²) in [6.07, 6.45) is 1.74.